The van der Waals surface area contributed by atoms with E-state index in [0.29, 0.717) is 6.29 Å². The first kappa shape index (κ1) is 28.1. The molecule has 0 fully saturated rings. The van der Waals surface area contributed by atoms with E-state index in [4.69, 9.17) is 11.5 Å². The lowest BCUT2D eigenvalue weighted by Crippen LogP contribution is -2.33. The maximum absolute atomic E-state index is 13.2. The summed E-state index contributed by atoms with van der Waals surface area (Å²) in [6.45, 7) is -0.408. The van der Waals surface area contributed by atoms with Crippen molar-refractivity contribution in [3.8, 4) is 0 Å². The summed E-state index contributed by atoms with van der Waals surface area (Å²) in [6, 6.07) is 6.53. The highest BCUT2D eigenvalue weighted by molar-refractivity contribution is 7.91. The average molecular weight is 529 g/mol. The van der Waals surface area contributed by atoms with E-state index in [-0.39, 0.29) is 24.6 Å². The molecule has 0 aliphatic carbocycles. The number of aldehydes is 1. The summed E-state index contributed by atoms with van der Waals surface area (Å²) >= 11 is 0. The number of allylic oxidation sites excluding steroid dienone is 1. The highest BCUT2D eigenvalue weighted by atomic mass is 32.2. The Morgan fingerprint density at radius 2 is 1.83 bits per heavy atom. The van der Waals surface area contributed by atoms with Gasteiger partial charge in [0.05, 0.1) is 17.0 Å². The zero-order valence-electron chi connectivity index (χ0n) is 18.7. The van der Waals surface area contributed by atoms with Crippen LogP contribution in [0.3, 0.4) is 0 Å². The summed E-state index contributed by atoms with van der Waals surface area (Å²) in [5.41, 5.74) is 7.25. The Labute approximate surface area is 203 Å². The van der Waals surface area contributed by atoms with Crippen molar-refractivity contribution in [1.29, 1.82) is 0 Å². The predicted molar refractivity (Wildman–Crippen MR) is 126 cm³/mol. The monoisotopic (exact) mass is 528 g/mol. The molecule has 11 nitrogen and oxygen atoms in total. The molecule has 194 valence electrons. The molecule has 0 saturated carbocycles. The second-order valence-electron chi connectivity index (χ2n) is 7.29. The normalized spacial score (nSPS) is 12.0. The lowest BCUT2D eigenvalue weighted by Gasteiger charge is -2.14. The van der Waals surface area contributed by atoms with Crippen LogP contribution in [-0.4, -0.2) is 37.7 Å². The highest BCUT2D eigenvalue weighted by Crippen LogP contribution is 2.32. The number of benzene rings is 1. The number of aliphatic imine (C=N–C) groups is 1. The Morgan fingerprint density at radius 3 is 2.47 bits per heavy atom. The van der Waals surface area contributed by atoms with Crippen molar-refractivity contribution in [1.82, 2.24) is 9.88 Å². The molecular formula is C21H23F3N6O5S. The molecule has 0 spiro atoms. The number of pyridine rings is 1. The van der Waals surface area contributed by atoms with Gasteiger partial charge in [0, 0.05) is 12.7 Å². The van der Waals surface area contributed by atoms with E-state index in [0.717, 1.165) is 28.8 Å². The molecule has 6 N–H and O–H groups in total. The van der Waals surface area contributed by atoms with Crippen molar-refractivity contribution < 1.29 is 31.2 Å². The van der Waals surface area contributed by atoms with Gasteiger partial charge in [-0.1, -0.05) is 24.3 Å². The molecular weight excluding hydrogens is 505 g/mol. The van der Waals surface area contributed by atoms with E-state index in [1.807, 2.05) is 4.72 Å². The topological polar surface area (TPSA) is 179 Å². The molecule has 15 heteroatoms. The first-order valence-corrected chi connectivity index (χ1v) is 11.8. The Hall–Kier alpha value is -4.14. The smallest absolute Gasteiger partial charge is 0.370 e. The Balaban J connectivity index is 2.14. The van der Waals surface area contributed by atoms with Gasteiger partial charge in [-0.05, 0) is 30.2 Å². The van der Waals surface area contributed by atoms with Crippen LogP contribution in [0.1, 0.15) is 17.5 Å². The van der Waals surface area contributed by atoms with E-state index in [9.17, 15) is 36.0 Å². The molecule has 0 unspecified atom stereocenters. The van der Waals surface area contributed by atoms with Gasteiger partial charge in [-0.15, -0.1) is 0 Å². The van der Waals surface area contributed by atoms with E-state index in [1.54, 1.807) is 0 Å². The van der Waals surface area contributed by atoms with Crippen molar-refractivity contribution in [3.05, 3.63) is 75.8 Å². The largest absolute Gasteiger partial charge is 0.416 e. The maximum Gasteiger partial charge on any atom is 0.416 e. The highest BCUT2D eigenvalue weighted by Gasteiger charge is 2.34. The standard InChI is InChI=1S/C21H23F3N6O5S/c22-21(23,24)16-7-2-1-5-14(16)13-36(34,35)29-17-8-4-10-30(19(17)33)11-18(32)28-15(12-31)6-3-9-27-20(25)26/h1-2,4-8,10,12,29H,3,9,11,13H2,(H,28,32)(H4,25,26,27)/b15-6+. The van der Waals surface area contributed by atoms with Crippen LogP contribution in [0.15, 0.2) is 64.2 Å². The number of sulfonamides is 1. The van der Waals surface area contributed by atoms with Crippen LogP contribution in [0.4, 0.5) is 18.9 Å². The molecule has 0 saturated heterocycles. The van der Waals surface area contributed by atoms with Crippen LogP contribution in [-0.2, 0) is 38.1 Å². The van der Waals surface area contributed by atoms with Crippen molar-refractivity contribution in [2.75, 3.05) is 11.3 Å². The summed E-state index contributed by atoms with van der Waals surface area (Å²) in [5, 5.41) is 2.29. The molecule has 1 aromatic carbocycles. The number of hydrogen-bond donors (Lipinski definition) is 4. The maximum atomic E-state index is 13.2. The van der Waals surface area contributed by atoms with Crippen molar-refractivity contribution in [3.63, 3.8) is 0 Å². The number of nitrogens with one attached hydrogen (secondary N) is 2. The molecule has 0 bridgehead atoms. The minimum atomic E-state index is -4.77. The number of aromatic nitrogens is 1. The second kappa shape index (κ2) is 12.0. The van der Waals surface area contributed by atoms with Gasteiger partial charge in [0.25, 0.3) is 5.56 Å². The molecule has 0 aliphatic rings. The Bertz CT molecular complexity index is 1330. The molecule has 36 heavy (non-hydrogen) atoms. The molecule has 2 aromatic rings. The van der Waals surface area contributed by atoms with Gasteiger partial charge >= 0.3 is 6.18 Å². The second-order valence-corrected chi connectivity index (χ2v) is 9.01. The molecule has 1 aromatic heterocycles. The van der Waals surface area contributed by atoms with Gasteiger partial charge in [0.2, 0.25) is 15.9 Å². The summed E-state index contributed by atoms with van der Waals surface area (Å²) < 4.78 is 67.4. The van der Waals surface area contributed by atoms with Gasteiger partial charge in [-0.25, -0.2) is 8.42 Å². The van der Waals surface area contributed by atoms with Crippen molar-refractivity contribution in [2.24, 2.45) is 16.5 Å². The third-order valence-corrected chi connectivity index (χ3v) is 5.69. The van der Waals surface area contributed by atoms with Crippen LogP contribution in [0.25, 0.3) is 0 Å². The first-order chi connectivity index (χ1) is 16.8. The van der Waals surface area contributed by atoms with E-state index in [2.05, 4.69) is 10.3 Å². The molecule has 0 aliphatic heterocycles. The zero-order valence-corrected chi connectivity index (χ0v) is 19.5. The summed E-state index contributed by atoms with van der Waals surface area (Å²) in [5.74, 6) is -1.94. The molecule has 1 heterocycles. The van der Waals surface area contributed by atoms with Crippen LogP contribution in [0.2, 0.25) is 0 Å². The summed E-state index contributed by atoms with van der Waals surface area (Å²) in [6.07, 6.45) is -1.59. The number of nitrogens with zero attached hydrogens (tertiary/aromatic N) is 2. The lowest BCUT2D eigenvalue weighted by molar-refractivity contribution is -0.138. The van der Waals surface area contributed by atoms with Gasteiger partial charge in [-0.2, -0.15) is 13.2 Å². The SMILES string of the molecule is NC(N)=NCC/C=C(\C=O)NC(=O)Cn1cccc(NS(=O)(=O)Cc2ccccc2C(F)(F)F)c1=O. The number of rotatable bonds is 11. The molecule has 1 amide bonds. The number of halogens is 3. The van der Waals surface area contributed by atoms with Crippen LogP contribution < -0.4 is 27.1 Å². The van der Waals surface area contributed by atoms with Crippen molar-refractivity contribution in [2.45, 2.75) is 24.9 Å². The number of anilines is 1. The number of amides is 1. The third-order valence-electron chi connectivity index (χ3n) is 4.47. The van der Waals surface area contributed by atoms with Gasteiger partial charge in [0.1, 0.15) is 12.2 Å². The van der Waals surface area contributed by atoms with Crippen molar-refractivity contribution >= 4 is 33.9 Å². The van der Waals surface area contributed by atoms with Crippen LogP contribution in [0.5, 0.6) is 0 Å². The quantitative estimate of drug-likeness (QED) is 0.109. The minimum Gasteiger partial charge on any atom is -0.370 e. The van der Waals surface area contributed by atoms with E-state index in [1.165, 1.54) is 24.4 Å². The molecule has 2 rings (SSSR count). The van der Waals surface area contributed by atoms with E-state index >= 15 is 0 Å². The molecule has 0 atom stereocenters. The van der Waals surface area contributed by atoms with Gasteiger partial charge < -0.3 is 21.4 Å². The zero-order chi connectivity index (χ0) is 26.9. The first-order valence-electron chi connectivity index (χ1n) is 10.2. The number of nitrogens with two attached hydrogens (primary N) is 2. The van der Waals surface area contributed by atoms with Gasteiger partial charge in [-0.3, -0.25) is 24.1 Å². The number of hydrogen-bond acceptors (Lipinski definition) is 6. The van der Waals surface area contributed by atoms with Gasteiger partial charge in [0.15, 0.2) is 12.2 Å². The predicted octanol–water partition coefficient (Wildman–Crippen LogP) is 0.672. The average Bonchev–Trinajstić information content (AvgIpc) is 2.77. The summed E-state index contributed by atoms with van der Waals surface area (Å²) in [7, 11) is -4.43. The Kier molecular flexibility index (Phi) is 9.38. The minimum absolute atomic E-state index is 0.0981. The number of alkyl halides is 3. The fraction of sp³-hybridized carbons (Fsp3) is 0.238. The lowest BCUT2D eigenvalue weighted by atomic mass is 10.1. The van der Waals surface area contributed by atoms with Crippen LogP contribution >= 0.6 is 0 Å². The number of carbonyl (C=O) groups is 2. The number of guanidine groups is 1. The number of carbonyl (C=O) groups excluding carboxylic acids is 2. The van der Waals surface area contributed by atoms with E-state index < -0.39 is 56.8 Å². The summed E-state index contributed by atoms with van der Waals surface area (Å²) in [4.78, 5) is 39.8. The third kappa shape index (κ3) is 8.57. The molecule has 0 radical (unpaired) electrons. The fourth-order valence-electron chi connectivity index (χ4n) is 2.97. The van der Waals surface area contributed by atoms with Crippen LogP contribution in [0, 0.1) is 0 Å². The Morgan fingerprint density at radius 1 is 1.14 bits per heavy atom. The fourth-order valence-corrected chi connectivity index (χ4v) is 4.19.